The highest BCUT2D eigenvalue weighted by Gasteiger charge is 2.05. The lowest BCUT2D eigenvalue weighted by Gasteiger charge is -2.05. The molecule has 0 fully saturated rings. The molecule has 0 aliphatic rings. The maximum absolute atomic E-state index is 11.6. The number of aliphatic carboxylic acids is 1. The topological polar surface area (TPSA) is 66.4 Å². The van der Waals surface area contributed by atoms with Crippen molar-refractivity contribution in [2.24, 2.45) is 0 Å². The molecule has 0 aliphatic heterocycles. The smallest absolute Gasteiger partial charge is 0.305 e. The van der Waals surface area contributed by atoms with E-state index in [-0.39, 0.29) is 25.3 Å². The number of carbonyl (C=O) groups is 2. The fourth-order valence-corrected chi connectivity index (χ4v) is 1.91. The van der Waals surface area contributed by atoms with E-state index in [1.54, 1.807) is 0 Å². The van der Waals surface area contributed by atoms with Gasteiger partial charge in [0, 0.05) is 6.54 Å². The van der Waals surface area contributed by atoms with Crippen LogP contribution in [0.3, 0.4) is 0 Å². The van der Waals surface area contributed by atoms with Crippen LogP contribution in [0.2, 0.25) is 0 Å². The number of rotatable bonds is 5. The maximum Gasteiger partial charge on any atom is 0.305 e. The van der Waals surface area contributed by atoms with E-state index in [1.807, 2.05) is 42.5 Å². The van der Waals surface area contributed by atoms with Crippen LogP contribution in [0.1, 0.15) is 12.0 Å². The summed E-state index contributed by atoms with van der Waals surface area (Å²) in [6, 6.07) is 13.8. The Balaban J connectivity index is 1.97. The average Bonchev–Trinajstić information content (AvgIpc) is 2.38. The van der Waals surface area contributed by atoms with Crippen molar-refractivity contribution in [1.82, 2.24) is 5.32 Å². The zero-order chi connectivity index (χ0) is 13.7. The molecule has 0 unspecified atom stereocenters. The Morgan fingerprint density at radius 3 is 2.53 bits per heavy atom. The number of carboxylic acids is 1. The molecule has 0 aliphatic carbocycles. The summed E-state index contributed by atoms with van der Waals surface area (Å²) in [5, 5.41) is 13.3. The van der Waals surface area contributed by atoms with Crippen LogP contribution in [0, 0.1) is 0 Å². The molecule has 0 saturated heterocycles. The SMILES string of the molecule is O=C(O)CCNC(=O)Cc1ccc2ccccc2c1. The van der Waals surface area contributed by atoms with Crippen molar-refractivity contribution in [2.75, 3.05) is 6.54 Å². The molecular weight excluding hydrogens is 242 g/mol. The van der Waals surface area contributed by atoms with Crippen LogP contribution in [0.25, 0.3) is 10.8 Å². The number of nitrogens with one attached hydrogen (secondary N) is 1. The molecule has 0 aromatic heterocycles. The van der Waals surface area contributed by atoms with Crippen molar-refractivity contribution in [2.45, 2.75) is 12.8 Å². The largest absolute Gasteiger partial charge is 0.481 e. The number of amides is 1. The molecule has 0 spiro atoms. The normalized spacial score (nSPS) is 10.3. The summed E-state index contributed by atoms with van der Waals surface area (Å²) in [6.45, 7) is 0.168. The zero-order valence-electron chi connectivity index (χ0n) is 10.4. The van der Waals surface area contributed by atoms with Crippen LogP contribution in [0.15, 0.2) is 42.5 Å². The second-order valence-electron chi connectivity index (χ2n) is 4.35. The van der Waals surface area contributed by atoms with Crippen LogP contribution in [0.4, 0.5) is 0 Å². The number of hydrogen-bond donors (Lipinski definition) is 2. The van der Waals surface area contributed by atoms with Gasteiger partial charge in [0.25, 0.3) is 0 Å². The lowest BCUT2D eigenvalue weighted by Crippen LogP contribution is -2.27. The summed E-state index contributed by atoms with van der Waals surface area (Å²) < 4.78 is 0. The zero-order valence-corrected chi connectivity index (χ0v) is 10.4. The van der Waals surface area contributed by atoms with Gasteiger partial charge in [0.1, 0.15) is 0 Å². The third kappa shape index (κ3) is 3.81. The Kier molecular flexibility index (Phi) is 4.13. The Morgan fingerprint density at radius 2 is 1.79 bits per heavy atom. The number of carboxylic acid groups (broad SMARTS) is 1. The van der Waals surface area contributed by atoms with Gasteiger partial charge in [-0.05, 0) is 16.3 Å². The van der Waals surface area contributed by atoms with Crippen molar-refractivity contribution in [3.8, 4) is 0 Å². The molecule has 0 radical (unpaired) electrons. The lowest BCUT2D eigenvalue weighted by molar-refractivity contribution is -0.136. The summed E-state index contributed by atoms with van der Waals surface area (Å²) in [5.41, 5.74) is 0.923. The van der Waals surface area contributed by atoms with E-state index >= 15 is 0 Å². The van der Waals surface area contributed by atoms with E-state index in [9.17, 15) is 9.59 Å². The minimum absolute atomic E-state index is 0.0521. The highest BCUT2D eigenvalue weighted by Crippen LogP contribution is 2.15. The predicted octanol–water partition coefficient (Wildman–Crippen LogP) is 1.97. The van der Waals surface area contributed by atoms with Crippen LogP contribution in [-0.2, 0) is 16.0 Å². The van der Waals surface area contributed by atoms with Crippen molar-refractivity contribution in [1.29, 1.82) is 0 Å². The standard InChI is InChI=1S/C15H15NO3/c17-14(16-8-7-15(18)19)10-11-5-6-12-3-1-2-4-13(12)9-11/h1-6,9H,7-8,10H2,(H,16,17)(H,18,19). The molecule has 0 atom stereocenters. The van der Waals surface area contributed by atoms with Gasteiger partial charge in [0.15, 0.2) is 0 Å². The van der Waals surface area contributed by atoms with E-state index in [0.717, 1.165) is 16.3 Å². The molecule has 2 aromatic rings. The molecule has 4 nitrogen and oxygen atoms in total. The fourth-order valence-electron chi connectivity index (χ4n) is 1.91. The summed E-state index contributed by atoms with van der Waals surface area (Å²) >= 11 is 0. The van der Waals surface area contributed by atoms with E-state index in [1.165, 1.54) is 0 Å². The van der Waals surface area contributed by atoms with Gasteiger partial charge in [-0.15, -0.1) is 0 Å². The fraction of sp³-hybridized carbons (Fsp3) is 0.200. The average molecular weight is 257 g/mol. The van der Waals surface area contributed by atoms with Gasteiger partial charge in [0.2, 0.25) is 5.91 Å². The van der Waals surface area contributed by atoms with Crippen molar-refractivity contribution < 1.29 is 14.7 Å². The first-order valence-electron chi connectivity index (χ1n) is 6.11. The minimum Gasteiger partial charge on any atom is -0.481 e. The molecule has 4 heteroatoms. The molecule has 0 saturated carbocycles. The van der Waals surface area contributed by atoms with Crippen molar-refractivity contribution in [3.63, 3.8) is 0 Å². The van der Waals surface area contributed by atoms with E-state index in [0.29, 0.717) is 0 Å². The molecule has 0 bridgehead atoms. The van der Waals surface area contributed by atoms with Crippen molar-refractivity contribution >= 4 is 22.6 Å². The van der Waals surface area contributed by atoms with Gasteiger partial charge in [-0.2, -0.15) is 0 Å². The quantitative estimate of drug-likeness (QED) is 0.860. The predicted molar refractivity (Wildman–Crippen MR) is 72.9 cm³/mol. The van der Waals surface area contributed by atoms with Crippen molar-refractivity contribution in [3.05, 3.63) is 48.0 Å². The van der Waals surface area contributed by atoms with E-state index < -0.39 is 5.97 Å². The minimum atomic E-state index is -0.911. The molecule has 2 rings (SSSR count). The molecule has 0 heterocycles. The van der Waals surface area contributed by atoms with Crippen LogP contribution in [-0.4, -0.2) is 23.5 Å². The summed E-state index contributed by atoms with van der Waals surface area (Å²) in [5.74, 6) is -1.07. The van der Waals surface area contributed by atoms with Crippen LogP contribution in [0.5, 0.6) is 0 Å². The monoisotopic (exact) mass is 257 g/mol. The molecular formula is C15H15NO3. The molecule has 19 heavy (non-hydrogen) atoms. The second kappa shape index (κ2) is 6.00. The first-order valence-corrected chi connectivity index (χ1v) is 6.11. The van der Waals surface area contributed by atoms with Crippen LogP contribution >= 0.6 is 0 Å². The molecule has 2 N–H and O–H groups in total. The third-order valence-corrected chi connectivity index (χ3v) is 2.84. The number of fused-ring (bicyclic) bond motifs is 1. The van der Waals surface area contributed by atoms with Gasteiger partial charge in [-0.3, -0.25) is 9.59 Å². The van der Waals surface area contributed by atoms with Gasteiger partial charge in [-0.1, -0.05) is 42.5 Å². The molecule has 1 amide bonds. The lowest BCUT2D eigenvalue weighted by atomic mass is 10.0. The van der Waals surface area contributed by atoms with Gasteiger partial charge < -0.3 is 10.4 Å². The Labute approximate surface area is 111 Å². The first-order chi connectivity index (χ1) is 9.15. The maximum atomic E-state index is 11.6. The van der Waals surface area contributed by atoms with Gasteiger partial charge in [-0.25, -0.2) is 0 Å². The van der Waals surface area contributed by atoms with Gasteiger partial charge >= 0.3 is 5.97 Å². The number of benzene rings is 2. The van der Waals surface area contributed by atoms with E-state index in [4.69, 9.17) is 5.11 Å². The Bertz CT molecular complexity index is 607. The molecule has 2 aromatic carbocycles. The molecule has 98 valence electrons. The number of hydrogen-bond acceptors (Lipinski definition) is 2. The second-order valence-corrected chi connectivity index (χ2v) is 4.35. The summed E-state index contributed by atoms with van der Waals surface area (Å²) in [4.78, 5) is 22.0. The summed E-state index contributed by atoms with van der Waals surface area (Å²) in [7, 11) is 0. The Hall–Kier alpha value is -2.36. The highest BCUT2D eigenvalue weighted by molar-refractivity contribution is 5.85. The first kappa shape index (κ1) is 13.1. The number of carbonyl (C=O) groups excluding carboxylic acids is 1. The van der Waals surface area contributed by atoms with E-state index in [2.05, 4.69) is 5.32 Å². The van der Waals surface area contributed by atoms with Gasteiger partial charge in [0.05, 0.1) is 12.8 Å². The Morgan fingerprint density at radius 1 is 1.05 bits per heavy atom. The van der Waals surface area contributed by atoms with Crippen LogP contribution < -0.4 is 5.32 Å². The summed E-state index contributed by atoms with van der Waals surface area (Å²) in [6.07, 6.45) is 0.216. The highest BCUT2D eigenvalue weighted by atomic mass is 16.4. The third-order valence-electron chi connectivity index (χ3n) is 2.84.